The van der Waals surface area contributed by atoms with Crippen molar-refractivity contribution in [2.75, 3.05) is 6.61 Å². The SMILES string of the molecule is O=C(COc1ccc(F)c(Cl)c1)c1ccccc1Cl. The van der Waals surface area contributed by atoms with Crippen LogP contribution in [0.15, 0.2) is 42.5 Å². The molecule has 0 bridgehead atoms. The van der Waals surface area contributed by atoms with Gasteiger partial charge in [0.25, 0.3) is 0 Å². The number of hydrogen-bond acceptors (Lipinski definition) is 2. The molecule has 0 atom stereocenters. The molecule has 98 valence electrons. The van der Waals surface area contributed by atoms with Gasteiger partial charge in [-0.1, -0.05) is 35.3 Å². The lowest BCUT2D eigenvalue weighted by molar-refractivity contribution is 0.0921. The Labute approximate surface area is 119 Å². The molecule has 2 rings (SSSR count). The highest BCUT2D eigenvalue weighted by atomic mass is 35.5. The standard InChI is InChI=1S/C14H9Cl2FO2/c15-11-4-2-1-3-10(11)14(18)8-19-9-5-6-13(17)12(16)7-9/h1-7H,8H2. The molecule has 0 amide bonds. The molecule has 5 heteroatoms. The highest BCUT2D eigenvalue weighted by molar-refractivity contribution is 6.34. The first kappa shape index (κ1) is 13.8. The molecule has 0 aliphatic rings. The van der Waals surface area contributed by atoms with Gasteiger partial charge in [-0.2, -0.15) is 0 Å². The second-order valence-electron chi connectivity index (χ2n) is 3.77. The molecule has 0 aliphatic heterocycles. The van der Waals surface area contributed by atoms with E-state index in [9.17, 15) is 9.18 Å². The minimum atomic E-state index is -0.536. The Morgan fingerprint density at radius 1 is 1.11 bits per heavy atom. The van der Waals surface area contributed by atoms with Gasteiger partial charge in [0.1, 0.15) is 11.6 Å². The normalized spacial score (nSPS) is 10.3. The van der Waals surface area contributed by atoms with E-state index in [-0.39, 0.29) is 17.4 Å². The van der Waals surface area contributed by atoms with E-state index in [1.165, 1.54) is 18.2 Å². The summed E-state index contributed by atoms with van der Waals surface area (Å²) in [6.45, 7) is -0.189. The summed E-state index contributed by atoms with van der Waals surface area (Å²) >= 11 is 11.5. The summed E-state index contributed by atoms with van der Waals surface area (Å²) in [5, 5.41) is 0.316. The number of rotatable bonds is 4. The smallest absolute Gasteiger partial charge is 0.201 e. The van der Waals surface area contributed by atoms with Gasteiger partial charge in [-0.3, -0.25) is 4.79 Å². The third-order valence-electron chi connectivity index (χ3n) is 2.44. The van der Waals surface area contributed by atoms with Crippen LogP contribution >= 0.6 is 23.2 Å². The van der Waals surface area contributed by atoms with Crippen LogP contribution in [0.2, 0.25) is 10.0 Å². The number of carbonyl (C=O) groups excluding carboxylic acids is 1. The van der Waals surface area contributed by atoms with E-state index >= 15 is 0 Å². The van der Waals surface area contributed by atoms with Crippen LogP contribution in [0.5, 0.6) is 5.75 Å². The van der Waals surface area contributed by atoms with Crippen molar-refractivity contribution >= 4 is 29.0 Å². The zero-order valence-corrected chi connectivity index (χ0v) is 11.2. The minimum absolute atomic E-state index is 0.0531. The minimum Gasteiger partial charge on any atom is -0.485 e. The van der Waals surface area contributed by atoms with E-state index in [1.807, 2.05) is 0 Å². The number of hydrogen-bond donors (Lipinski definition) is 0. The largest absolute Gasteiger partial charge is 0.485 e. The quantitative estimate of drug-likeness (QED) is 0.782. The van der Waals surface area contributed by atoms with Crippen LogP contribution < -0.4 is 4.74 Å². The summed E-state index contributed by atoms with van der Waals surface area (Å²) in [5.41, 5.74) is 0.386. The maximum atomic E-state index is 12.9. The summed E-state index contributed by atoms with van der Waals surface area (Å²) in [4.78, 5) is 11.9. The summed E-state index contributed by atoms with van der Waals surface area (Å²) in [7, 11) is 0. The molecule has 2 nitrogen and oxygen atoms in total. The maximum absolute atomic E-state index is 12.9. The molecule has 0 radical (unpaired) electrons. The number of ketones is 1. The Morgan fingerprint density at radius 2 is 1.84 bits per heavy atom. The number of ether oxygens (including phenoxy) is 1. The Hall–Kier alpha value is -1.58. The third kappa shape index (κ3) is 3.46. The van der Waals surface area contributed by atoms with Gasteiger partial charge in [-0.05, 0) is 24.3 Å². The van der Waals surface area contributed by atoms with Gasteiger partial charge < -0.3 is 4.74 Å². The summed E-state index contributed by atoms with van der Waals surface area (Å²) in [5.74, 6) is -0.468. The van der Waals surface area contributed by atoms with Crippen LogP contribution in [-0.2, 0) is 0 Å². The van der Waals surface area contributed by atoms with Crippen LogP contribution in [0.3, 0.4) is 0 Å². The van der Waals surface area contributed by atoms with E-state index in [0.717, 1.165) is 0 Å². The van der Waals surface area contributed by atoms with E-state index in [0.29, 0.717) is 16.3 Å². The predicted octanol–water partition coefficient (Wildman–Crippen LogP) is 4.39. The van der Waals surface area contributed by atoms with Crippen molar-refractivity contribution in [3.05, 3.63) is 63.9 Å². The van der Waals surface area contributed by atoms with E-state index in [4.69, 9.17) is 27.9 Å². The van der Waals surface area contributed by atoms with Crippen molar-refractivity contribution in [2.45, 2.75) is 0 Å². The monoisotopic (exact) mass is 298 g/mol. The predicted molar refractivity (Wildman–Crippen MR) is 72.7 cm³/mol. The highest BCUT2D eigenvalue weighted by Gasteiger charge is 2.11. The molecule has 0 fully saturated rings. The van der Waals surface area contributed by atoms with Gasteiger partial charge in [0.15, 0.2) is 6.61 Å². The van der Waals surface area contributed by atoms with Crippen molar-refractivity contribution in [1.29, 1.82) is 0 Å². The molecule has 0 aliphatic carbocycles. The first-order valence-corrected chi connectivity index (χ1v) is 6.19. The van der Waals surface area contributed by atoms with Gasteiger partial charge >= 0.3 is 0 Å². The molecule has 19 heavy (non-hydrogen) atoms. The van der Waals surface area contributed by atoms with Crippen molar-refractivity contribution < 1.29 is 13.9 Å². The third-order valence-corrected chi connectivity index (χ3v) is 3.05. The van der Waals surface area contributed by atoms with Crippen LogP contribution in [0.25, 0.3) is 0 Å². The van der Waals surface area contributed by atoms with Gasteiger partial charge in [0, 0.05) is 11.6 Å². The van der Waals surface area contributed by atoms with Crippen molar-refractivity contribution in [3.8, 4) is 5.75 Å². The fourth-order valence-electron chi connectivity index (χ4n) is 1.48. The fraction of sp³-hybridized carbons (Fsp3) is 0.0714. The molecule has 0 heterocycles. The van der Waals surface area contributed by atoms with Crippen LogP contribution in [0.1, 0.15) is 10.4 Å². The first-order chi connectivity index (χ1) is 9.08. The molecular weight excluding hydrogens is 290 g/mol. The van der Waals surface area contributed by atoms with Gasteiger partial charge in [-0.15, -0.1) is 0 Å². The molecule has 0 aromatic heterocycles. The van der Waals surface area contributed by atoms with Crippen LogP contribution in [0, 0.1) is 5.82 Å². The van der Waals surface area contributed by atoms with Crippen LogP contribution in [-0.4, -0.2) is 12.4 Å². The molecule has 0 saturated carbocycles. The van der Waals surface area contributed by atoms with Crippen molar-refractivity contribution in [2.24, 2.45) is 0 Å². The summed E-state index contributed by atoms with van der Waals surface area (Å²) < 4.78 is 18.2. The van der Waals surface area contributed by atoms with Gasteiger partial charge in [0.05, 0.1) is 10.0 Å². The fourth-order valence-corrected chi connectivity index (χ4v) is 1.89. The zero-order valence-electron chi connectivity index (χ0n) is 9.70. The van der Waals surface area contributed by atoms with Crippen molar-refractivity contribution in [3.63, 3.8) is 0 Å². The molecule has 0 spiro atoms. The van der Waals surface area contributed by atoms with Crippen molar-refractivity contribution in [1.82, 2.24) is 0 Å². The number of Topliss-reactive ketones (excluding diaryl/α,β-unsaturated/α-hetero) is 1. The summed E-state index contributed by atoms with van der Waals surface area (Å²) in [6.07, 6.45) is 0. The molecule has 0 unspecified atom stereocenters. The summed E-state index contributed by atoms with van der Waals surface area (Å²) in [6, 6.07) is 10.6. The first-order valence-electron chi connectivity index (χ1n) is 5.43. The van der Waals surface area contributed by atoms with Gasteiger partial charge in [0.2, 0.25) is 5.78 Å². The van der Waals surface area contributed by atoms with E-state index in [1.54, 1.807) is 24.3 Å². The average molecular weight is 299 g/mol. The highest BCUT2D eigenvalue weighted by Crippen LogP contribution is 2.22. The van der Waals surface area contributed by atoms with Crippen LogP contribution in [0.4, 0.5) is 4.39 Å². The molecular formula is C14H9Cl2FO2. The lowest BCUT2D eigenvalue weighted by atomic mass is 10.1. The Balaban J connectivity index is 2.04. The number of carbonyl (C=O) groups is 1. The van der Waals surface area contributed by atoms with Gasteiger partial charge in [-0.25, -0.2) is 4.39 Å². The maximum Gasteiger partial charge on any atom is 0.201 e. The molecule has 2 aromatic rings. The topological polar surface area (TPSA) is 26.3 Å². The lowest BCUT2D eigenvalue weighted by Gasteiger charge is -2.07. The number of benzene rings is 2. The van der Waals surface area contributed by atoms with E-state index < -0.39 is 5.82 Å². The average Bonchev–Trinajstić information content (AvgIpc) is 2.40. The Bertz CT molecular complexity index is 614. The lowest BCUT2D eigenvalue weighted by Crippen LogP contribution is -2.12. The zero-order chi connectivity index (χ0) is 13.8. The molecule has 0 N–H and O–H groups in total. The number of halogens is 3. The second kappa shape index (κ2) is 6.04. The second-order valence-corrected chi connectivity index (χ2v) is 4.58. The Kier molecular flexibility index (Phi) is 4.40. The van der Waals surface area contributed by atoms with E-state index in [2.05, 4.69) is 0 Å². The molecule has 2 aromatic carbocycles. The Morgan fingerprint density at radius 3 is 2.53 bits per heavy atom. The molecule has 0 saturated heterocycles.